The highest BCUT2D eigenvalue weighted by molar-refractivity contribution is 7.89. The zero-order valence-corrected chi connectivity index (χ0v) is 14.9. The first-order valence-corrected chi connectivity index (χ1v) is 10.2. The van der Waals surface area contributed by atoms with Crippen molar-refractivity contribution in [2.75, 3.05) is 18.9 Å². The van der Waals surface area contributed by atoms with Gasteiger partial charge in [-0.3, -0.25) is 0 Å². The number of halogens is 1. The molecule has 136 valence electrons. The highest BCUT2D eigenvalue weighted by atomic mass is 32.2. The van der Waals surface area contributed by atoms with Crippen LogP contribution >= 0.6 is 0 Å². The van der Waals surface area contributed by atoms with Gasteiger partial charge in [0.25, 0.3) is 0 Å². The number of ether oxygens (including phenoxy) is 1. The van der Waals surface area contributed by atoms with Crippen LogP contribution in [-0.2, 0) is 10.0 Å². The fourth-order valence-electron chi connectivity index (χ4n) is 2.47. The monoisotopic (exact) mass is 358 g/mol. The van der Waals surface area contributed by atoms with Crippen LogP contribution in [0.25, 0.3) is 0 Å². The third-order valence-electron chi connectivity index (χ3n) is 4.10. The van der Waals surface area contributed by atoms with Crippen LogP contribution < -0.4 is 15.2 Å². The van der Waals surface area contributed by atoms with Gasteiger partial charge in [-0.15, -0.1) is 0 Å². The quantitative estimate of drug-likeness (QED) is 0.596. The van der Waals surface area contributed by atoms with E-state index in [1.54, 1.807) is 25.1 Å². The normalized spacial score (nSPS) is 16.1. The summed E-state index contributed by atoms with van der Waals surface area (Å²) in [5.74, 6) is 0.249. The Kier molecular flexibility index (Phi) is 7.01. The van der Waals surface area contributed by atoms with Gasteiger partial charge in [-0.05, 0) is 51.1 Å². The molecule has 1 fully saturated rings. The van der Waals surface area contributed by atoms with E-state index < -0.39 is 21.9 Å². The van der Waals surface area contributed by atoms with Crippen molar-refractivity contribution in [1.82, 2.24) is 4.72 Å². The average molecular weight is 358 g/mol. The van der Waals surface area contributed by atoms with E-state index in [1.165, 1.54) is 0 Å². The lowest BCUT2D eigenvalue weighted by atomic mass is 10.1. The van der Waals surface area contributed by atoms with Crippen LogP contribution in [0.15, 0.2) is 18.2 Å². The SMILES string of the molecule is CC(NS(=O)(=O)CCCCCN)c1cccc(OCC2CC2)c1F. The van der Waals surface area contributed by atoms with Crippen LogP contribution in [-0.4, -0.2) is 27.3 Å². The molecule has 0 aromatic heterocycles. The molecule has 7 heteroatoms. The minimum atomic E-state index is -3.45. The van der Waals surface area contributed by atoms with Crippen LogP contribution in [0.1, 0.15) is 50.6 Å². The number of benzene rings is 1. The minimum Gasteiger partial charge on any atom is -0.490 e. The molecule has 0 spiro atoms. The van der Waals surface area contributed by atoms with Gasteiger partial charge in [0.05, 0.1) is 12.4 Å². The van der Waals surface area contributed by atoms with Crippen LogP contribution in [0.2, 0.25) is 0 Å². The highest BCUT2D eigenvalue weighted by Gasteiger charge is 2.24. The molecule has 1 saturated carbocycles. The second-order valence-electron chi connectivity index (χ2n) is 6.42. The van der Waals surface area contributed by atoms with Crippen molar-refractivity contribution in [3.05, 3.63) is 29.6 Å². The zero-order chi connectivity index (χ0) is 17.6. The Labute approximate surface area is 143 Å². The maximum Gasteiger partial charge on any atom is 0.212 e. The van der Waals surface area contributed by atoms with E-state index in [1.807, 2.05) is 0 Å². The molecule has 24 heavy (non-hydrogen) atoms. The van der Waals surface area contributed by atoms with Gasteiger partial charge < -0.3 is 10.5 Å². The van der Waals surface area contributed by atoms with Gasteiger partial charge in [-0.25, -0.2) is 17.5 Å². The smallest absolute Gasteiger partial charge is 0.212 e. The van der Waals surface area contributed by atoms with E-state index in [4.69, 9.17) is 10.5 Å². The fourth-order valence-corrected chi connectivity index (χ4v) is 3.84. The van der Waals surface area contributed by atoms with Crippen molar-refractivity contribution in [3.8, 4) is 5.75 Å². The predicted octanol–water partition coefficient (Wildman–Crippen LogP) is 2.72. The Morgan fingerprint density at radius 2 is 2.08 bits per heavy atom. The summed E-state index contributed by atoms with van der Waals surface area (Å²) in [6.07, 6.45) is 4.38. The molecule has 0 aliphatic heterocycles. The maximum absolute atomic E-state index is 14.5. The summed E-state index contributed by atoms with van der Waals surface area (Å²) in [4.78, 5) is 0. The molecule has 0 radical (unpaired) electrons. The third kappa shape index (κ3) is 6.03. The number of hydrogen-bond donors (Lipinski definition) is 2. The molecular formula is C17H27FN2O3S. The van der Waals surface area contributed by atoms with Gasteiger partial charge in [0.1, 0.15) is 0 Å². The lowest BCUT2D eigenvalue weighted by Crippen LogP contribution is -2.29. The van der Waals surface area contributed by atoms with E-state index in [0.717, 1.165) is 25.7 Å². The fraction of sp³-hybridized carbons (Fsp3) is 0.647. The summed E-state index contributed by atoms with van der Waals surface area (Å²) in [6, 6.07) is 4.21. The number of rotatable bonds is 11. The summed E-state index contributed by atoms with van der Waals surface area (Å²) in [7, 11) is -3.45. The van der Waals surface area contributed by atoms with Crippen LogP contribution in [0, 0.1) is 11.7 Å². The molecule has 1 aliphatic rings. The van der Waals surface area contributed by atoms with Crippen LogP contribution in [0.5, 0.6) is 5.75 Å². The molecule has 0 amide bonds. The number of nitrogens with two attached hydrogens (primary N) is 1. The summed E-state index contributed by atoms with van der Waals surface area (Å²) in [6.45, 7) is 2.71. The molecular weight excluding hydrogens is 331 g/mol. The molecule has 3 N–H and O–H groups in total. The summed E-state index contributed by atoms with van der Waals surface area (Å²) >= 11 is 0. The number of nitrogens with one attached hydrogen (secondary N) is 1. The topological polar surface area (TPSA) is 81.4 Å². The molecule has 1 aromatic rings. The number of hydrogen-bond acceptors (Lipinski definition) is 4. The third-order valence-corrected chi connectivity index (χ3v) is 5.64. The van der Waals surface area contributed by atoms with E-state index in [2.05, 4.69) is 4.72 Å². The maximum atomic E-state index is 14.5. The number of unbranched alkanes of at least 4 members (excludes halogenated alkanes) is 2. The van der Waals surface area contributed by atoms with Gasteiger partial charge >= 0.3 is 0 Å². The van der Waals surface area contributed by atoms with Crippen molar-refractivity contribution in [2.24, 2.45) is 11.7 Å². The Balaban J connectivity index is 1.95. The standard InChI is InChI=1S/C17H27FN2O3S/c1-13(20-24(21,22)11-4-2-3-10-19)15-6-5-7-16(17(15)18)23-12-14-8-9-14/h5-7,13-14,20H,2-4,8-12,19H2,1H3. The minimum absolute atomic E-state index is 0.0246. The second kappa shape index (κ2) is 8.78. The molecule has 2 rings (SSSR count). The number of sulfonamides is 1. The Morgan fingerprint density at radius 3 is 2.75 bits per heavy atom. The summed E-state index contributed by atoms with van der Waals surface area (Å²) in [5, 5.41) is 0. The molecule has 1 aromatic carbocycles. The molecule has 5 nitrogen and oxygen atoms in total. The van der Waals surface area contributed by atoms with Gasteiger partial charge in [0.15, 0.2) is 11.6 Å². The molecule has 1 atom stereocenters. The Bertz CT molecular complexity index is 633. The van der Waals surface area contributed by atoms with E-state index in [9.17, 15) is 12.8 Å². The zero-order valence-electron chi connectivity index (χ0n) is 14.1. The summed E-state index contributed by atoms with van der Waals surface area (Å²) in [5.41, 5.74) is 5.69. The summed E-state index contributed by atoms with van der Waals surface area (Å²) < 4.78 is 46.8. The van der Waals surface area contributed by atoms with E-state index >= 15 is 0 Å². The first-order chi connectivity index (χ1) is 11.4. The van der Waals surface area contributed by atoms with Crippen molar-refractivity contribution in [1.29, 1.82) is 0 Å². The Hall–Kier alpha value is -1.18. The molecule has 1 unspecified atom stereocenters. The van der Waals surface area contributed by atoms with Gasteiger partial charge in [0.2, 0.25) is 10.0 Å². The lowest BCUT2D eigenvalue weighted by molar-refractivity contribution is 0.284. The van der Waals surface area contributed by atoms with Gasteiger partial charge in [-0.1, -0.05) is 18.6 Å². The molecule has 0 saturated heterocycles. The highest BCUT2D eigenvalue weighted by Crippen LogP contribution is 2.31. The second-order valence-corrected chi connectivity index (χ2v) is 8.29. The van der Waals surface area contributed by atoms with Gasteiger partial charge in [0, 0.05) is 11.6 Å². The van der Waals surface area contributed by atoms with Gasteiger partial charge in [-0.2, -0.15) is 0 Å². The average Bonchev–Trinajstić information content (AvgIpc) is 3.34. The molecule has 1 aliphatic carbocycles. The predicted molar refractivity (Wildman–Crippen MR) is 92.9 cm³/mol. The first-order valence-electron chi connectivity index (χ1n) is 8.54. The Morgan fingerprint density at radius 1 is 1.33 bits per heavy atom. The lowest BCUT2D eigenvalue weighted by Gasteiger charge is -2.17. The molecule has 0 bridgehead atoms. The van der Waals surface area contributed by atoms with Crippen molar-refractivity contribution in [2.45, 2.75) is 45.1 Å². The molecule has 0 heterocycles. The van der Waals surface area contributed by atoms with E-state index in [-0.39, 0.29) is 11.5 Å². The van der Waals surface area contributed by atoms with Crippen molar-refractivity contribution in [3.63, 3.8) is 0 Å². The van der Waals surface area contributed by atoms with Crippen molar-refractivity contribution < 1.29 is 17.5 Å². The van der Waals surface area contributed by atoms with Crippen LogP contribution in [0.4, 0.5) is 4.39 Å². The first kappa shape index (κ1) is 19.1. The largest absolute Gasteiger partial charge is 0.490 e. The van der Waals surface area contributed by atoms with Crippen LogP contribution in [0.3, 0.4) is 0 Å². The van der Waals surface area contributed by atoms with Crippen molar-refractivity contribution >= 4 is 10.0 Å². The van der Waals surface area contributed by atoms with E-state index in [0.29, 0.717) is 31.1 Å².